The lowest BCUT2D eigenvalue weighted by Crippen LogP contribution is -2.29. The minimum atomic E-state index is -0.520. The molecule has 1 amide bonds. The third kappa shape index (κ3) is 4.45. The Morgan fingerprint density at radius 2 is 2.05 bits per heavy atom. The third-order valence-corrected chi connectivity index (χ3v) is 3.78. The minimum Gasteiger partial charge on any atom is -0.352 e. The Balaban J connectivity index is 2.85. The summed E-state index contributed by atoms with van der Waals surface area (Å²) in [5, 5.41) is 13.7. The molecule has 0 radical (unpaired) electrons. The minimum absolute atomic E-state index is 0.122. The zero-order valence-corrected chi connectivity index (χ0v) is 13.1. The van der Waals surface area contributed by atoms with Crippen LogP contribution < -0.4 is 5.32 Å². The van der Waals surface area contributed by atoms with Crippen LogP contribution in [0.2, 0.25) is 0 Å². The van der Waals surface area contributed by atoms with Crippen LogP contribution in [0.5, 0.6) is 0 Å². The maximum atomic E-state index is 12.0. The van der Waals surface area contributed by atoms with Gasteiger partial charge in [-0.15, -0.1) is 0 Å². The number of hydrogen-bond donors (Lipinski definition) is 1. The third-order valence-electron chi connectivity index (χ3n) is 3.11. The molecule has 0 aliphatic heterocycles. The Hall–Kier alpha value is -1.18. The van der Waals surface area contributed by atoms with Crippen LogP contribution in [-0.2, 0) is 0 Å². The molecule has 104 valence electrons. The molecule has 0 spiro atoms. The Kier molecular flexibility index (Phi) is 6.20. The van der Waals surface area contributed by atoms with E-state index in [1.807, 2.05) is 22.6 Å². The van der Waals surface area contributed by atoms with Gasteiger partial charge in [-0.3, -0.25) is 14.9 Å². The number of carbonyl (C=O) groups excluding carboxylic acids is 1. The van der Waals surface area contributed by atoms with Crippen LogP contribution in [0.3, 0.4) is 0 Å². The summed E-state index contributed by atoms with van der Waals surface area (Å²) in [6.45, 7) is 4.68. The Morgan fingerprint density at radius 3 is 2.58 bits per heavy atom. The van der Waals surface area contributed by atoms with E-state index in [-0.39, 0.29) is 17.2 Å². The van der Waals surface area contributed by atoms with Gasteiger partial charge in [0, 0.05) is 16.2 Å². The van der Waals surface area contributed by atoms with Crippen molar-refractivity contribution in [3.8, 4) is 0 Å². The molecule has 0 aliphatic carbocycles. The summed E-state index contributed by atoms with van der Waals surface area (Å²) < 4.78 is 0.737. The van der Waals surface area contributed by atoms with Gasteiger partial charge >= 0.3 is 0 Å². The maximum absolute atomic E-state index is 12.0. The maximum Gasteiger partial charge on any atom is 0.283 e. The van der Waals surface area contributed by atoms with Crippen molar-refractivity contribution in [2.24, 2.45) is 5.92 Å². The predicted octanol–water partition coefficient (Wildman–Crippen LogP) is 3.37. The molecule has 1 N–H and O–H groups in total. The van der Waals surface area contributed by atoms with Gasteiger partial charge in [0.05, 0.1) is 4.92 Å². The number of nitro groups is 1. The van der Waals surface area contributed by atoms with Crippen LogP contribution in [-0.4, -0.2) is 17.4 Å². The number of rotatable bonds is 6. The van der Waals surface area contributed by atoms with Gasteiger partial charge in [-0.05, 0) is 40.6 Å². The lowest BCUT2D eigenvalue weighted by Gasteiger charge is -2.13. The highest BCUT2D eigenvalue weighted by Crippen LogP contribution is 2.21. The van der Waals surface area contributed by atoms with Crippen molar-refractivity contribution in [1.29, 1.82) is 0 Å². The van der Waals surface area contributed by atoms with E-state index in [0.717, 1.165) is 16.4 Å². The van der Waals surface area contributed by atoms with Gasteiger partial charge in [0.1, 0.15) is 5.56 Å². The lowest BCUT2D eigenvalue weighted by atomic mass is 10.0. The van der Waals surface area contributed by atoms with Crippen LogP contribution in [0.15, 0.2) is 18.2 Å². The number of amides is 1. The van der Waals surface area contributed by atoms with Gasteiger partial charge < -0.3 is 5.32 Å². The molecule has 0 aromatic heterocycles. The van der Waals surface area contributed by atoms with E-state index in [1.165, 1.54) is 12.1 Å². The summed E-state index contributed by atoms with van der Waals surface area (Å²) in [5.41, 5.74) is -0.0229. The van der Waals surface area contributed by atoms with Crippen molar-refractivity contribution < 1.29 is 9.72 Å². The van der Waals surface area contributed by atoms with Crippen LogP contribution in [0.1, 0.15) is 37.0 Å². The van der Waals surface area contributed by atoms with Gasteiger partial charge in [-0.1, -0.05) is 26.7 Å². The van der Waals surface area contributed by atoms with E-state index in [1.54, 1.807) is 6.07 Å². The summed E-state index contributed by atoms with van der Waals surface area (Å²) >= 11 is 1.99. The smallest absolute Gasteiger partial charge is 0.283 e. The van der Waals surface area contributed by atoms with E-state index < -0.39 is 4.92 Å². The molecule has 1 aromatic carbocycles. The summed E-state index contributed by atoms with van der Waals surface area (Å²) in [6, 6.07) is 4.61. The first-order chi connectivity index (χ1) is 8.99. The topological polar surface area (TPSA) is 72.2 Å². The molecule has 0 saturated carbocycles. The highest BCUT2D eigenvalue weighted by molar-refractivity contribution is 14.1. The summed E-state index contributed by atoms with van der Waals surface area (Å²) in [6.07, 6.45) is 1.96. The van der Waals surface area contributed by atoms with Gasteiger partial charge in [0.15, 0.2) is 0 Å². The normalized spacial score (nSPS) is 10.5. The Labute approximate surface area is 126 Å². The second kappa shape index (κ2) is 7.42. The van der Waals surface area contributed by atoms with Crippen LogP contribution in [0.4, 0.5) is 5.69 Å². The van der Waals surface area contributed by atoms with Crippen LogP contribution in [0.25, 0.3) is 0 Å². The lowest BCUT2D eigenvalue weighted by molar-refractivity contribution is -0.385. The first kappa shape index (κ1) is 15.9. The van der Waals surface area contributed by atoms with E-state index >= 15 is 0 Å². The molecule has 5 nitrogen and oxygen atoms in total. The Bertz CT molecular complexity index is 473. The van der Waals surface area contributed by atoms with E-state index in [9.17, 15) is 14.9 Å². The SMILES string of the molecule is CCC(CC)CNC(=O)c1ccc(I)cc1[N+](=O)[O-]. The molecule has 0 bridgehead atoms. The van der Waals surface area contributed by atoms with Crippen molar-refractivity contribution in [3.63, 3.8) is 0 Å². The molecule has 0 saturated heterocycles. The number of carbonyl (C=O) groups is 1. The molecule has 1 aromatic rings. The first-order valence-corrected chi connectivity index (χ1v) is 7.29. The molecule has 0 aliphatic rings. The van der Waals surface area contributed by atoms with Crippen molar-refractivity contribution >= 4 is 34.2 Å². The molecular weight excluding hydrogens is 359 g/mol. The van der Waals surface area contributed by atoms with Crippen molar-refractivity contribution in [3.05, 3.63) is 37.4 Å². The fraction of sp³-hybridized carbons (Fsp3) is 0.462. The number of hydrogen-bond acceptors (Lipinski definition) is 3. The van der Waals surface area contributed by atoms with Crippen molar-refractivity contribution in [2.75, 3.05) is 6.54 Å². The fourth-order valence-electron chi connectivity index (χ4n) is 1.76. The summed E-state index contributed by atoms with van der Waals surface area (Å²) in [4.78, 5) is 22.4. The van der Waals surface area contributed by atoms with Crippen molar-refractivity contribution in [2.45, 2.75) is 26.7 Å². The van der Waals surface area contributed by atoms with Crippen LogP contribution in [0, 0.1) is 19.6 Å². The standard InChI is InChI=1S/C13H17IN2O3/c1-3-9(4-2)8-15-13(17)11-6-5-10(14)7-12(11)16(18)19/h5-7,9H,3-4,8H2,1-2H3,(H,15,17). The quantitative estimate of drug-likeness (QED) is 0.470. The molecular formula is C13H17IN2O3. The second-order valence-corrected chi connectivity index (χ2v) is 5.56. The number of nitrogens with zero attached hydrogens (tertiary/aromatic N) is 1. The molecule has 1 rings (SSSR count). The predicted molar refractivity (Wildman–Crippen MR) is 82.2 cm³/mol. The molecule has 0 fully saturated rings. The number of halogens is 1. The van der Waals surface area contributed by atoms with E-state index in [0.29, 0.717) is 12.5 Å². The van der Waals surface area contributed by atoms with Gasteiger partial charge in [-0.25, -0.2) is 0 Å². The average Bonchev–Trinajstić information content (AvgIpc) is 2.39. The monoisotopic (exact) mass is 376 g/mol. The zero-order chi connectivity index (χ0) is 14.4. The van der Waals surface area contributed by atoms with Gasteiger partial charge in [0.25, 0.3) is 11.6 Å². The summed E-state index contributed by atoms with van der Waals surface area (Å²) in [7, 11) is 0. The first-order valence-electron chi connectivity index (χ1n) is 6.21. The molecule has 0 atom stereocenters. The van der Waals surface area contributed by atoms with Gasteiger partial charge in [0.2, 0.25) is 0 Å². The highest BCUT2D eigenvalue weighted by atomic mass is 127. The number of benzene rings is 1. The summed E-state index contributed by atoms with van der Waals surface area (Å²) in [5.74, 6) is 0.0295. The van der Waals surface area contributed by atoms with Crippen molar-refractivity contribution in [1.82, 2.24) is 5.32 Å². The van der Waals surface area contributed by atoms with E-state index in [4.69, 9.17) is 0 Å². The second-order valence-electron chi connectivity index (χ2n) is 4.31. The zero-order valence-electron chi connectivity index (χ0n) is 11.0. The highest BCUT2D eigenvalue weighted by Gasteiger charge is 2.20. The molecule has 19 heavy (non-hydrogen) atoms. The largest absolute Gasteiger partial charge is 0.352 e. The molecule has 0 unspecified atom stereocenters. The Morgan fingerprint density at radius 1 is 1.42 bits per heavy atom. The number of nitro benzene ring substituents is 1. The number of nitrogens with one attached hydrogen (secondary N) is 1. The van der Waals surface area contributed by atoms with Gasteiger partial charge in [-0.2, -0.15) is 0 Å². The van der Waals surface area contributed by atoms with E-state index in [2.05, 4.69) is 19.2 Å². The van der Waals surface area contributed by atoms with Crippen LogP contribution >= 0.6 is 22.6 Å². The fourth-order valence-corrected chi connectivity index (χ4v) is 2.23. The average molecular weight is 376 g/mol. The molecule has 6 heteroatoms. The molecule has 0 heterocycles.